The van der Waals surface area contributed by atoms with Crippen LogP contribution in [-0.4, -0.2) is 44.3 Å². The Balaban J connectivity index is 2.22. The molecule has 0 aliphatic carbocycles. The highest BCUT2D eigenvalue weighted by Gasteiger charge is 2.29. The SMILES string of the molecule is CCc1ccc(C(C(=O)OC)N2CCOCC2)cc1. The van der Waals surface area contributed by atoms with E-state index in [4.69, 9.17) is 9.47 Å². The van der Waals surface area contributed by atoms with Gasteiger partial charge in [-0.1, -0.05) is 31.2 Å². The number of aryl methyl sites for hydroxylation is 1. The molecule has 1 aliphatic heterocycles. The van der Waals surface area contributed by atoms with Gasteiger partial charge in [0.25, 0.3) is 0 Å². The lowest BCUT2D eigenvalue weighted by atomic mass is 10.0. The van der Waals surface area contributed by atoms with Crippen molar-refractivity contribution >= 4 is 5.97 Å². The molecule has 4 nitrogen and oxygen atoms in total. The summed E-state index contributed by atoms with van der Waals surface area (Å²) in [6, 6.07) is 7.88. The average molecular weight is 263 g/mol. The topological polar surface area (TPSA) is 38.8 Å². The van der Waals surface area contributed by atoms with E-state index in [9.17, 15) is 4.79 Å². The first-order valence-electron chi connectivity index (χ1n) is 6.74. The van der Waals surface area contributed by atoms with Gasteiger partial charge >= 0.3 is 5.97 Å². The van der Waals surface area contributed by atoms with Gasteiger partial charge in [0.05, 0.1) is 20.3 Å². The van der Waals surface area contributed by atoms with Crippen molar-refractivity contribution in [1.29, 1.82) is 0 Å². The third-order valence-electron chi connectivity index (χ3n) is 3.54. The lowest BCUT2D eigenvalue weighted by Crippen LogP contribution is -2.42. The summed E-state index contributed by atoms with van der Waals surface area (Å²) in [5.41, 5.74) is 2.26. The van der Waals surface area contributed by atoms with Crippen molar-refractivity contribution in [2.24, 2.45) is 0 Å². The molecule has 0 N–H and O–H groups in total. The normalized spacial score (nSPS) is 18.0. The van der Waals surface area contributed by atoms with Crippen LogP contribution in [0.5, 0.6) is 0 Å². The van der Waals surface area contributed by atoms with Crippen molar-refractivity contribution in [3.63, 3.8) is 0 Å². The number of rotatable bonds is 4. The smallest absolute Gasteiger partial charge is 0.327 e. The lowest BCUT2D eigenvalue weighted by Gasteiger charge is -2.32. The first-order chi connectivity index (χ1) is 9.26. The van der Waals surface area contributed by atoms with Gasteiger partial charge in [-0.3, -0.25) is 4.90 Å². The maximum Gasteiger partial charge on any atom is 0.327 e. The Bertz CT molecular complexity index is 410. The Hall–Kier alpha value is -1.39. The van der Waals surface area contributed by atoms with Crippen molar-refractivity contribution in [3.8, 4) is 0 Å². The highest BCUT2D eigenvalue weighted by molar-refractivity contribution is 5.77. The maximum absolute atomic E-state index is 12.1. The van der Waals surface area contributed by atoms with Gasteiger partial charge in [0.15, 0.2) is 0 Å². The molecule has 19 heavy (non-hydrogen) atoms. The molecule has 2 rings (SSSR count). The molecular weight excluding hydrogens is 242 g/mol. The van der Waals surface area contributed by atoms with Gasteiger partial charge in [-0.15, -0.1) is 0 Å². The maximum atomic E-state index is 12.1. The number of nitrogens with zero attached hydrogens (tertiary/aromatic N) is 1. The predicted molar refractivity (Wildman–Crippen MR) is 73.0 cm³/mol. The molecular formula is C15H21NO3. The number of hydrogen-bond donors (Lipinski definition) is 0. The molecule has 1 fully saturated rings. The van der Waals surface area contributed by atoms with Gasteiger partial charge in [0.1, 0.15) is 6.04 Å². The van der Waals surface area contributed by atoms with E-state index in [1.807, 2.05) is 12.1 Å². The standard InChI is InChI=1S/C15H21NO3/c1-3-12-4-6-13(7-5-12)14(15(17)18-2)16-8-10-19-11-9-16/h4-7,14H,3,8-11H2,1-2H3. The molecule has 0 radical (unpaired) electrons. The van der Waals surface area contributed by atoms with Crippen molar-refractivity contribution in [3.05, 3.63) is 35.4 Å². The van der Waals surface area contributed by atoms with E-state index in [1.165, 1.54) is 12.7 Å². The zero-order valence-corrected chi connectivity index (χ0v) is 11.6. The number of hydrogen-bond acceptors (Lipinski definition) is 4. The second kappa shape index (κ2) is 6.68. The molecule has 0 saturated carbocycles. The molecule has 1 heterocycles. The van der Waals surface area contributed by atoms with Crippen LogP contribution in [0.15, 0.2) is 24.3 Å². The van der Waals surface area contributed by atoms with E-state index in [1.54, 1.807) is 0 Å². The van der Waals surface area contributed by atoms with E-state index in [-0.39, 0.29) is 12.0 Å². The van der Waals surface area contributed by atoms with Gasteiger partial charge in [0, 0.05) is 13.1 Å². The second-order valence-electron chi connectivity index (χ2n) is 4.67. The highest BCUT2D eigenvalue weighted by Crippen LogP contribution is 2.23. The minimum Gasteiger partial charge on any atom is -0.468 e. The summed E-state index contributed by atoms with van der Waals surface area (Å²) in [4.78, 5) is 14.2. The van der Waals surface area contributed by atoms with E-state index >= 15 is 0 Å². The monoisotopic (exact) mass is 263 g/mol. The van der Waals surface area contributed by atoms with Crippen molar-refractivity contribution in [1.82, 2.24) is 4.90 Å². The van der Waals surface area contributed by atoms with Crippen LogP contribution in [-0.2, 0) is 20.7 Å². The summed E-state index contributed by atoms with van der Waals surface area (Å²) in [7, 11) is 1.44. The molecule has 1 aromatic carbocycles. The zero-order valence-electron chi connectivity index (χ0n) is 11.6. The third kappa shape index (κ3) is 3.33. The Morgan fingerprint density at radius 1 is 1.32 bits per heavy atom. The molecule has 104 valence electrons. The van der Waals surface area contributed by atoms with Gasteiger partial charge < -0.3 is 9.47 Å². The Morgan fingerprint density at radius 2 is 1.95 bits per heavy atom. The summed E-state index contributed by atoms with van der Waals surface area (Å²) >= 11 is 0. The van der Waals surface area contributed by atoms with Crippen LogP contribution in [0.1, 0.15) is 24.1 Å². The number of benzene rings is 1. The molecule has 0 spiro atoms. The van der Waals surface area contributed by atoms with E-state index < -0.39 is 0 Å². The number of morpholine rings is 1. The first-order valence-corrected chi connectivity index (χ1v) is 6.74. The fraction of sp³-hybridized carbons (Fsp3) is 0.533. The lowest BCUT2D eigenvalue weighted by molar-refractivity contribution is -0.149. The van der Waals surface area contributed by atoms with E-state index in [0.717, 1.165) is 25.1 Å². The van der Waals surface area contributed by atoms with Gasteiger partial charge in [0.2, 0.25) is 0 Å². The number of carbonyl (C=O) groups excluding carboxylic acids is 1. The van der Waals surface area contributed by atoms with Crippen molar-refractivity contribution in [2.45, 2.75) is 19.4 Å². The molecule has 1 saturated heterocycles. The number of methoxy groups -OCH3 is 1. The fourth-order valence-corrected chi connectivity index (χ4v) is 2.38. The summed E-state index contributed by atoms with van der Waals surface area (Å²) in [5.74, 6) is -0.203. The van der Waals surface area contributed by atoms with Crippen LogP contribution < -0.4 is 0 Å². The molecule has 1 atom stereocenters. The minimum absolute atomic E-state index is 0.203. The third-order valence-corrected chi connectivity index (χ3v) is 3.54. The van der Waals surface area contributed by atoms with E-state index in [2.05, 4.69) is 24.0 Å². The summed E-state index contributed by atoms with van der Waals surface area (Å²) in [6.45, 7) is 4.97. The predicted octanol–water partition coefficient (Wildman–Crippen LogP) is 1.80. The quantitative estimate of drug-likeness (QED) is 0.776. The Labute approximate surface area is 114 Å². The second-order valence-corrected chi connectivity index (χ2v) is 4.67. The van der Waals surface area contributed by atoms with Gasteiger partial charge in [-0.25, -0.2) is 4.79 Å². The van der Waals surface area contributed by atoms with Crippen LogP contribution in [0.4, 0.5) is 0 Å². The molecule has 0 bridgehead atoms. The van der Waals surface area contributed by atoms with Gasteiger partial charge in [-0.2, -0.15) is 0 Å². The number of carbonyl (C=O) groups is 1. The number of esters is 1. The average Bonchev–Trinajstić information content (AvgIpc) is 2.49. The summed E-state index contributed by atoms with van der Waals surface area (Å²) < 4.78 is 10.3. The van der Waals surface area contributed by atoms with Crippen LogP contribution in [0, 0.1) is 0 Å². The molecule has 1 aliphatic rings. The fourth-order valence-electron chi connectivity index (χ4n) is 2.38. The van der Waals surface area contributed by atoms with Crippen LogP contribution in [0.2, 0.25) is 0 Å². The first kappa shape index (κ1) is 14.0. The molecule has 0 amide bonds. The zero-order chi connectivity index (χ0) is 13.7. The number of ether oxygens (including phenoxy) is 2. The molecule has 1 unspecified atom stereocenters. The van der Waals surface area contributed by atoms with Crippen molar-refractivity contribution in [2.75, 3.05) is 33.4 Å². The largest absolute Gasteiger partial charge is 0.468 e. The van der Waals surface area contributed by atoms with E-state index in [0.29, 0.717) is 13.2 Å². The Morgan fingerprint density at radius 3 is 2.47 bits per heavy atom. The van der Waals surface area contributed by atoms with Crippen molar-refractivity contribution < 1.29 is 14.3 Å². The highest BCUT2D eigenvalue weighted by atomic mass is 16.5. The molecule has 0 aromatic heterocycles. The Kier molecular flexibility index (Phi) is 4.93. The summed E-state index contributed by atoms with van der Waals surface area (Å²) in [6.07, 6.45) is 1.00. The van der Waals surface area contributed by atoms with Gasteiger partial charge in [-0.05, 0) is 17.5 Å². The van der Waals surface area contributed by atoms with Crippen LogP contribution >= 0.6 is 0 Å². The molecule has 4 heteroatoms. The van der Waals surface area contributed by atoms with Crippen LogP contribution in [0.25, 0.3) is 0 Å². The summed E-state index contributed by atoms with van der Waals surface area (Å²) in [5, 5.41) is 0. The minimum atomic E-state index is -0.320. The molecule has 1 aromatic rings. The van der Waals surface area contributed by atoms with Crippen LogP contribution in [0.3, 0.4) is 0 Å².